The Morgan fingerprint density at radius 1 is 1.00 bits per heavy atom. The van der Waals surface area contributed by atoms with E-state index in [1.165, 1.54) is 32.1 Å². The van der Waals surface area contributed by atoms with Gasteiger partial charge in [0.15, 0.2) is 0 Å². The first-order valence-electron chi connectivity index (χ1n) is 8.07. The average molecular weight is 285 g/mol. The van der Waals surface area contributed by atoms with Crippen molar-refractivity contribution in [2.75, 3.05) is 6.54 Å². The monoisotopic (exact) mass is 285 g/mol. The highest BCUT2D eigenvalue weighted by Gasteiger charge is 2.09. The number of hydrogen-bond acceptors (Lipinski definition) is 2. The van der Waals surface area contributed by atoms with Gasteiger partial charge >= 0.3 is 5.97 Å². The highest BCUT2D eigenvalue weighted by atomic mass is 16.4. The summed E-state index contributed by atoms with van der Waals surface area (Å²) >= 11 is 0. The Kier molecular flexibility index (Phi) is 12.3. The van der Waals surface area contributed by atoms with E-state index < -0.39 is 5.97 Å². The molecule has 0 aliphatic heterocycles. The van der Waals surface area contributed by atoms with Gasteiger partial charge in [-0.15, -0.1) is 0 Å². The van der Waals surface area contributed by atoms with E-state index in [4.69, 9.17) is 5.11 Å². The third-order valence-corrected chi connectivity index (χ3v) is 3.57. The second kappa shape index (κ2) is 12.9. The van der Waals surface area contributed by atoms with Crippen LogP contribution in [0.1, 0.15) is 78.1 Å². The molecule has 1 unspecified atom stereocenters. The number of hydrogen-bond donors (Lipinski definition) is 2. The number of aliphatic carboxylic acids is 1. The molecule has 0 aliphatic rings. The molecule has 0 bridgehead atoms. The van der Waals surface area contributed by atoms with Crippen molar-refractivity contribution in [2.24, 2.45) is 5.92 Å². The van der Waals surface area contributed by atoms with E-state index in [-0.39, 0.29) is 11.8 Å². The van der Waals surface area contributed by atoms with Crippen LogP contribution < -0.4 is 5.32 Å². The summed E-state index contributed by atoms with van der Waals surface area (Å²) in [5, 5.41) is 11.6. The lowest BCUT2D eigenvalue weighted by atomic mass is 10.1. The molecule has 20 heavy (non-hydrogen) atoms. The van der Waals surface area contributed by atoms with Crippen LogP contribution in [0.15, 0.2) is 0 Å². The standard InChI is InChI=1S/C16H31NO3/c1-3-4-5-6-7-8-9-12-15(18)17-13-10-11-14(2)16(19)20/h14H,3-13H2,1-2H3,(H,17,18)(H,19,20). The molecule has 0 aromatic heterocycles. The summed E-state index contributed by atoms with van der Waals surface area (Å²) in [6.45, 7) is 4.50. The van der Waals surface area contributed by atoms with Crippen molar-refractivity contribution in [3.8, 4) is 0 Å². The maximum atomic E-state index is 11.5. The van der Waals surface area contributed by atoms with Crippen LogP contribution in [-0.4, -0.2) is 23.5 Å². The highest BCUT2D eigenvalue weighted by molar-refractivity contribution is 5.75. The second-order valence-electron chi connectivity index (χ2n) is 5.60. The van der Waals surface area contributed by atoms with E-state index in [0.29, 0.717) is 19.4 Å². The number of rotatable bonds is 13. The van der Waals surface area contributed by atoms with Gasteiger partial charge in [0.25, 0.3) is 0 Å². The van der Waals surface area contributed by atoms with Crippen molar-refractivity contribution in [1.82, 2.24) is 5.32 Å². The second-order valence-corrected chi connectivity index (χ2v) is 5.60. The van der Waals surface area contributed by atoms with E-state index in [0.717, 1.165) is 19.3 Å². The fourth-order valence-corrected chi connectivity index (χ4v) is 2.09. The van der Waals surface area contributed by atoms with Gasteiger partial charge in [0.1, 0.15) is 0 Å². The molecule has 2 N–H and O–H groups in total. The minimum Gasteiger partial charge on any atom is -0.481 e. The van der Waals surface area contributed by atoms with E-state index in [1.807, 2.05) is 0 Å². The zero-order valence-corrected chi connectivity index (χ0v) is 13.1. The Balaban J connectivity index is 3.31. The predicted octanol–water partition coefficient (Wildman–Crippen LogP) is 3.74. The van der Waals surface area contributed by atoms with Gasteiger partial charge in [0.05, 0.1) is 5.92 Å². The van der Waals surface area contributed by atoms with Crippen molar-refractivity contribution < 1.29 is 14.7 Å². The molecule has 0 aromatic carbocycles. The summed E-state index contributed by atoms with van der Waals surface area (Å²) in [7, 11) is 0. The fraction of sp³-hybridized carbons (Fsp3) is 0.875. The molecule has 0 saturated heterocycles. The van der Waals surface area contributed by atoms with Gasteiger partial charge in [-0.05, 0) is 19.3 Å². The number of amides is 1. The van der Waals surface area contributed by atoms with Crippen molar-refractivity contribution in [3.05, 3.63) is 0 Å². The summed E-state index contributed by atoms with van der Waals surface area (Å²) in [6.07, 6.45) is 10.4. The van der Waals surface area contributed by atoms with Crippen molar-refractivity contribution >= 4 is 11.9 Å². The highest BCUT2D eigenvalue weighted by Crippen LogP contribution is 2.08. The maximum absolute atomic E-state index is 11.5. The Morgan fingerprint density at radius 2 is 1.60 bits per heavy atom. The molecule has 0 heterocycles. The summed E-state index contributed by atoms with van der Waals surface area (Å²) in [4.78, 5) is 22.1. The normalized spacial score (nSPS) is 12.1. The largest absolute Gasteiger partial charge is 0.481 e. The van der Waals surface area contributed by atoms with Crippen LogP contribution in [0.3, 0.4) is 0 Å². The quantitative estimate of drug-likeness (QED) is 0.506. The molecule has 0 fully saturated rings. The van der Waals surface area contributed by atoms with Gasteiger partial charge in [-0.1, -0.05) is 52.4 Å². The molecule has 118 valence electrons. The van der Waals surface area contributed by atoms with E-state index in [2.05, 4.69) is 12.2 Å². The predicted molar refractivity (Wildman–Crippen MR) is 81.7 cm³/mol. The van der Waals surface area contributed by atoms with Crippen LogP contribution in [0, 0.1) is 5.92 Å². The molecule has 1 atom stereocenters. The Morgan fingerprint density at radius 3 is 2.20 bits per heavy atom. The Bertz CT molecular complexity index is 266. The molecule has 0 aliphatic carbocycles. The zero-order chi connectivity index (χ0) is 15.2. The topological polar surface area (TPSA) is 66.4 Å². The number of nitrogens with one attached hydrogen (secondary N) is 1. The van der Waals surface area contributed by atoms with Crippen LogP contribution in [0.25, 0.3) is 0 Å². The fourth-order valence-electron chi connectivity index (χ4n) is 2.09. The zero-order valence-electron chi connectivity index (χ0n) is 13.1. The first-order valence-corrected chi connectivity index (χ1v) is 8.07. The smallest absolute Gasteiger partial charge is 0.306 e. The lowest BCUT2D eigenvalue weighted by Gasteiger charge is -2.07. The number of carbonyl (C=O) groups excluding carboxylic acids is 1. The molecule has 0 saturated carbocycles. The van der Waals surface area contributed by atoms with Gasteiger partial charge in [-0.2, -0.15) is 0 Å². The van der Waals surface area contributed by atoms with E-state index in [9.17, 15) is 9.59 Å². The number of carbonyl (C=O) groups is 2. The molecule has 1 amide bonds. The maximum Gasteiger partial charge on any atom is 0.306 e. The number of unbranched alkanes of at least 4 members (excludes halogenated alkanes) is 6. The Labute approximate surface area is 123 Å². The van der Waals surface area contributed by atoms with E-state index in [1.54, 1.807) is 6.92 Å². The third-order valence-electron chi connectivity index (χ3n) is 3.57. The minimum atomic E-state index is -0.764. The van der Waals surface area contributed by atoms with Gasteiger partial charge in [-0.3, -0.25) is 9.59 Å². The molecular weight excluding hydrogens is 254 g/mol. The van der Waals surface area contributed by atoms with E-state index >= 15 is 0 Å². The molecule has 0 rings (SSSR count). The van der Waals surface area contributed by atoms with Gasteiger partial charge in [0, 0.05) is 13.0 Å². The first-order chi connectivity index (χ1) is 9.57. The molecule has 0 aromatic rings. The molecule has 0 spiro atoms. The van der Waals surface area contributed by atoms with Crippen molar-refractivity contribution in [2.45, 2.75) is 78.1 Å². The SMILES string of the molecule is CCCCCCCCCC(=O)NCCCC(C)C(=O)O. The first kappa shape index (κ1) is 18.9. The number of carboxylic acid groups (broad SMARTS) is 1. The molecular formula is C16H31NO3. The van der Waals surface area contributed by atoms with Gasteiger partial charge in [0.2, 0.25) is 5.91 Å². The molecule has 0 radical (unpaired) electrons. The Hall–Kier alpha value is -1.06. The van der Waals surface area contributed by atoms with Crippen LogP contribution in [0.5, 0.6) is 0 Å². The lowest BCUT2D eigenvalue weighted by Crippen LogP contribution is -2.24. The summed E-state index contributed by atoms with van der Waals surface area (Å²) in [5.41, 5.74) is 0. The third kappa shape index (κ3) is 12.0. The van der Waals surface area contributed by atoms with Gasteiger partial charge < -0.3 is 10.4 Å². The molecule has 4 nitrogen and oxygen atoms in total. The number of carboxylic acids is 1. The van der Waals surface area contributed by atoms with Crippen LogP contribution >= 0.6 is 0 Å². The average Bonchev–Trinajstić information content (AvgIpc) is 2.42. The van der Waals surface area contributed by atoms with Crippen LogP contribution in [-0.2, 0) is 9.59 Å². The van der Waals surface area contributed by atoms with Crippen LogP contribution in [0.4, 0.5) is 0 Å². The van der Waals surface area contributed by atoms with Crippen molar-refractivity contribution in [1.29, 1.82) is 0 Å². The molecule has 4 heteroatoms. The van der Waals surface area contributed by atoms with Crippen molar-refractivity contribution in [3.63, 3.8) is 0 Å². The van der Waals surface area contributed by atoms with Crippen LogP contribution in [0.2, 0.25) is 0 Å². The lowest BCUT2D eigenvalue weighted by molar-refractivity contribution is -0.141. The summed E-state index contributed by atoms with van der Waals surface area (Å²) in [5.74, 6) is -0.990. The minimum absolute atomic E-state index is 0.0986. The summed E-state index contributed by atoms with van der Waals surface area (Å²) in [6, 6.07) is 0. The van der Waals surface area contributed by atoms with Gasteiger partial charge in [-0.25, -0.2) is 0 Å². The summed E-state index contributed by atoms with van der Waals surface area (Å²) < 4.78 is 0.